The zero-order chi connectivity index (χ0) is 20.6. The maximum Gasteiger partial charge on any atom is 0.414 e. The number of hydrogen-bond donors (Lipinski definition) is 0. The second kappa shape index (κ2) is 7.85. The maximum absolute atomic E-state index is 13.0. The molecule has 2 aromatic rings. The Labute approximate surface area is 174 Å². The molecule has 154 valence electrons. The Morgan fingerprint density at radius 2 is 1.90 bits per heavy atom. The van der Waals surface area contributed by atoms with E-state index in [0.29, 0.717) is 36.7 Å². The van der Waals surface area contributed by atoms with Crippen molar-refractivity contribution in [1.82, 2.24) is 4.31 Å². The highest BCUT2D eigenvalue weighted by Crippen LogP contribution is 2.34. The Kier molecular flexibility index (Phi) is 5.42. The first-order chi connectivity index (χ1) is 13.9. The summed E-state index contributed by atoms with van der Waals surface area (Å²) in [5.74, 6) is 0.493. The molecule has 0 aliphatic carbocycles. The molecule has 29 heavy (non-hydrogen) atoms. The molecule has 7 nitrogen and oxygen atoms in total. The summed E-state index contributed by atoms with van der Waals surface area (Å²) in [5.41, 5.74) is 1.63. The van der Waals surface area contributed by atoms with E-state index in [4.69, 9.17) is 21.1 Å². The third-order valence-electron chi connectivity index (χ3n) is 5.32. The largest absolute Gasteiger partial charge is 0.497 e. The predicted octanol–water partition coefficient (Wildman–Crippen LogP) is 3.66. The van der Waals surface area contributed by atoms with Gasteiger partial charge in [0.15, 0.2) is 0 Å². The van der Waals surface area contributed by atoms with Crippen molar-refractivity contribution in [3.05, 3.63) is 53.1 Å². The van der Waals surface area contributed by atoms with Crippen molar-refractivity contribution < 1.29 is 22.7 Å². The average molecular weight is 437 g/mol. The van der Waals surface area contributed by atoms with Crippen LogP contribution in [0.2, 0.25) is 5.02 Å². The van der Waals surface area contributed by atoms with Gasteiger partial charge in [0, 0.05) is 35.8 Å². The summed E-state index contributed by atoms with van der Waals surface area (Å²) in [6, 6.07) is 11.7. The van der Waals surface area contributed by atoms with Gasteiger partial charge in [-0.1, -0.05) is 17.7 Å². The number of benzene rings is 2. The molecular formula is C20H21ClN2O5S. The summed E-state index contributed by atoms with van der Waals surface area (Å²) in [6.07, 6.45) is 0.620. The third kappa shape index (κ3) is 3.80. The van der Waals surface area contributed by atoms with Crippen molar-refractivity contribution in [2.24, 2.45) is 0 Å². The Balaban J connectivity index is 1.52. The van der Waals surface area contributed by atoms with Crippen LogP contribution >= 0.6 is 11.6 Å². The molecular weight excluding hydrogens is 416 g/mol. The van der Waals surface area contributed by atoms with Crippen LogP contribution in [-0.2, 0) is 21.4 Å². The number of cyclic esters (lactones) is 1. The lowest BCUT2D eigenvalue weighted by atomic mass is 10.0. The molecule has 0 spiro atoms. The minimum atomic E-state index is -3.63. The second-order valence-corrected chi connectivity index (χ2v) is 9.39. The van der Waals surface area contributed by atoms with Gasteiger partial charge in [-0.25, -0.2) is 13.2 Å². The van der Waals surface area contributed by atoms with Gasteiger partial charge >= 0.3 is 6.09 Å². The number of nitrogens with zero attached hydrogens (tertiary/aromatic N) is 2. The number of piperidine rings is 1. The summed E-state index contributed by atoms with van der Waals surface area (Å²) in [4.78, 5) is 14.3. The summed E-state index contributed by atoms with van der Waals surface area (Å²) in [5, 5.41) is 0.584. The highest BCUT2D eigenvalue weighted by molar-refractivity contribution is 7.89. The lowest BCUT2D eigenvalue weighted by molar-refractivity contribution is 0.136. The van der Waals surface area contributed by atoms with Crippen LogP contribution in [0.5, 0.6) is 5.75 Å². The van der Waals surface area contributed by atoms with Gasteiger partial charge < -0.3 is 9.47 Å². The molecule has 2 heterocycles. The van der Waals surface area contributed by atoms with Crippen LogP contribution in [0.1, 0.15) is 18.4 Å². The Morgan fingerprint density at radius 1 is 1.14 bits per heavy atom. The van der Waals surface area contributed by atoms with Gasteiger partial charge in [-0.15, -0.1) is 0 Å². The minimum absolute atomic E-state index is 0.139. The van der Waals surface area contributed by atoms with Crippen molar-refractivity contribution in [1.29, 1.82) is 0 Å². The normalized spacial score (nSPS) is 18.3. The number of carbonyl (C=O) groups excluding carboxylic acids is 1. The van der Waals surface area contributed by atoms with E-state index in [-0.39, 0.29) is 17.5 Å². The molecule has 0 atom stereocenters. The molecule has 0 bridgehead atoms. The van der Waals surface area contributed by atoms with E-state index in [1.165, 1.54) is 17.5 Å². The van der Waals surface area contributed by atoms with Crippen molar-refractivity contribution in [3.63, 3.8) is 0 Å². The number of hydrogen-bond acceptors (Lipinski definition) is 5. The summed E-state index contributed by atoms with van der Waals surface area (Å²) in [6.45, 7) is 0.822. The van der Waals surface area contributed by atoms with Crippen molar-refractivity contribution in [2.75, 3.05) is 25.1 Å². The summed E-state index contributed by atoms with van der Waals surface area (Å²) in [7, 11) is -2.13. The van der Waals surface area contributed by atoms with Gasteiger partial charge in [-0.3, -0.25) is 4.90 Å². The Morgan fingerprint density at radius 3 is 2.62 bits per heavy atom. The van der Waals surface area contributed by atoms with Crippen LogP contribution in [0.3, 0.4) is 0 Å². The topological polar surface area (TPSA) is 76.2 Å². The van der Waals surface area contributed by atoms with E-state index in [9.17, 15) is 13.2 Å². The predicted molar refractivity (Wildman–Crippen MR) is 109 cm³/mol. The van der Waals surface area contributed by atoms with E-state index in [2.05, 4.69) is 0 Å². The van der Waals surface area contributed by atoms with E-state index in [0.717, 1.165) is 11.3 Å². The number of methoxy groups -OCH3 is 1. The minimum Gasteiger partial charge on any atom is -0.497 e. The molecule has 2 aromatic carbocycles. The van der Waals surface area contributed by atoms with Gasteiger partial charge in [0.1, 0.15) is 12.4 Å². The number of sulfonamides is 1. The van der Waals surface area contributed by atoms with E-state index in [1.807, 2.05) is 6.07 Å². The van der Waals surface area contributed by atoms with Crippen LogP contribution in [0.25, 0.3) is 0 Å². The molecule has 1 fully saturated rings. The standard InChI is InChI=1S/C20H21ClN2O5S/c1-27-17-3-2-4-18(12-17)29(25,26)22-9-7-16(8-10-22)23-19-6-5-15(21)11-14(19)13-28-20(23)24/h2-6,11-12,16H,7-10,13H2,1H3. The molecule has 2 aliphatic rings. The fourth-order valence-corrected chi connectivity index (χ4v) is 5.51. The number of halogens is 1. The number of carbonyl (C=O) groups is 1. The van der Waals surface area contributed by atoms with Crippen molar-refractivity contribution >= 4 is 33.4 Å². The number of amides is 1. The quantitative estimate of drug-likeness (QED) is 0.731. The highest BCUT2D eigenvalue weighted by atomic mass is 35.5. The summed E-state index contributed by atoms with van der Waals surface area (Å²) < 4.78 is 37.9. The lowest BCUT2D eigenvalue weighted by Crippen LogP contribution is -2.50. The highest BCUT2D eigenvalue weighted by Gasteiger charge is 2.37. The van der Waals surface area contributed by atoms with Crippen molar-refractivity contribution in [3.8, 4) is 5.75 Å². The second-order valence-electron chi connectivity index (χ2n) is 7.01. The molecule has 0 saturated carbocycles. The monoisotopic (exact) mass is 436 g/mol. The molecule has 2 aliphatic heterocycles. The van der Waals surface area contributed by atoms with Gasteiger partial charge in [0.2, 0.25) is 10.0 Å². The van der Waals surface area contributed by atoms with Gasteiger partial charge in [-0.05, 0) is 43.2 Å². The molecule has 9 heteroatoms. The van der Waals surface area contributed by atoms with Gasteiger partial charge in [0.05, 0.1) is 17.7 Å². The molecule has 1 saturated heterocycles. The van der Waals surface area contributed by atoms with Crippen LogP contribution < -0.4 is 9.64 Å². The van der Waals surface area contributed by atoms with E-state index >= 15 is 0 Å². The molecule has 4 rings (SSSR count). The van der Waals surface area contributed by atoms with Crippen molar-refractivity contribution in [2.45, 2.75) is 30.4 Å². The third-order valence-corrected chi connectivity index (χ3v) is 7.45. The number of rotatable bonds is 4. The molecule has 0 unspecified atom stereocenters. The Hall–Kier alpha value is -2.29. The first kappa shape index (κ1) is 20.0. The van der Waals surface area contributed by atoms with E-state index in [1.54, 1.807) is 35.2 Å². The molecule has 0 N–H and O–H groups in total. The van der Waals surface area contributed by atoms with Crippen LogP contribution in [0.15, 0.2) is 47.4 Å². The van der Waals surface area contributed by atoms with Crippen LogP contribution in [-0.4, -0.2) is 45.1 Å². The lowest BCUT2D eigenvalue weighted by Gasteiger charge is -2.39. The maximum atomic E-state index is 13.0. The molecule has 0 radical (unpaired) electrons. The van der Waals surface area contributed by atoms with Gasteiger partial charge in [-0.2, -0.15) is 4.31 Å². The first-order valence-corrected chi connectivity index (χ1v) is 11.1. The number of anilines is 1. The average Bonchev–Trinajstić information content (AvgIpc) is 2.74. The van der Waals surface area contributed by atoms with E-state index < -0.39 is 16.1 Å². The number of fused-ring (bicyclic) bond motifs is 1. The van der Waals surface area contributed by atoms with Crippen LogP contribution in [0.4, 0.5) is 10.5 Å². The fraction of sp³-hybridized carbons (Fsp3) is 0.350. The SMILES string of the molecule is COc1cccc(S(=O)(=O)N2CCC(N3C(=O)OCc4cc(Cl)ccc43)CC2)c1. The molecule has 1 amide bonds. The fourth-order valence-electron chi connectivity index (χ4n) is 3.81. The first-order valence-electron chi connectivity index (χ1n) is 9.29. The molecule has 0 aromatic heterocycles. The zero-order valence-electron chi connectivity index (χ0n) is 15.9. The zero-order valence-corrected chi connectivity index (χ0v) is 17.4. The number of ether oxygens (including phenoxy) is 2. The Bertz CT molecular complexity index is 1030. The van der Waals surface area contributed by atoms with Gasteiger partial charge in [0.25, 0.3) is 0 Å². The smallest absolute Gasteiger partial charge is 0.414 e. The van der Waals surface area contributed by atoms with Crippen LogP contribution in [0, 0.1) is 0 Å². The summed E-state index contributed by atoms with van der Waals surface area (Å²) >= 11 is 6.05.